The summed E-state index contributed by atoms with van der Waals surface area (Å²) >= 11 is 0. The highest BCUT2D eigenvalue weighted by molar-refractivity contribution is 5.79. The number of nitrogens with one attached hydrogen (secondary N) is 2. The molecule has 0 saturated carbocycles. The average molecular weight is 363 g/mol. The predicted octanol–water partition coefficient (Wildman–Crippen LogP) is 1.73. The minimum absolute atomic E-state index is 0.588. The first-order chi connectivity index (χ1) is 12.8. The first-order valence-corrected chi connectivity index (χ1v) is 9.60. The molecule has 1 aromatic rings. The highest BCUT2D eigenvalue weighted by Gasteiger charge is 2.15. The van der Waals surface area contributed by atoms with E-state index in [-0.39, 0.29) is 0 Å². The van der Waals surface area contributed by atoms with E-state index in [4.69, 9.17) is 9.47 Å². The molecule has 0 aliphatic carbocycles. The van der Waals surface area contributed by atoms with Crippen LogP contribution in [0.3, 0.4) is 0 Å². The van der Waals surface area contributed by atoms with E-state index in [0.717, 1.165) is 71.4 Å². The van der Waals surface area contributed by atoms with Crippen molar-refractivity contribution in [2.24, 2.45) is 10.9 Å². The van der Waals surface area contributed by atoms with Crippen molar-refractivity contribution in [3.63, 3.8) is 0 Å². The van der Waals surface area contributed by atoms with Gasteiger partial charge in [-0.05, 0) is 25.5 Å². The molecular weight excluding hydrogens is 328 g/mol. The molecule has 1 heterocycles. The van der Waals surface area contributed by atoms with Crippen molar-refractivity contribution in [1.82, 2.24) is 15.5 Å². The molecule has 6 nitrogen and oxygen atoms in total. The lowest BCUT2D eigenvalue weighted by molar-refractivity contribution is 0.0888. The van der Waals surface area contributed by atoms with Gasteiger partial charge < -0.3 is 25.0 Å². The number of rotatable bonds is 11. The Hall–Kier alpha value is -1.63. The van der Waals surface area contributed by atoms with Gasteiger partial charge in [0.15, 0.2) is 5.96 Å². The second-order valence-electron chi connectivity index (χ2n) is 6.81. The van der Waals surface area contributed by atoms with Gasteiger partial charge in [-0.25, -0.2) is 0 Å². The van der Waals surface area contributed by atoms with Crippen LogP contribution in [0.1, 0.15) is 18.4 Å². The predicted molar refractivity (Wildman–Crippen MR) is 107 cm³/mol. The summed E-state index contributed by atoms with van der Waals surface area (Å²) in [5.74, 6) is 1.44. The van der Waals surface area contributed by atoms with Crippen molar-refractivity contribution in [2.45, 2.75) is 19.4 Å². The van der Waals surface area contributed by atoms with Crippen LogP contribution in [0.4, 0.5) is 0 Å². The Morgan fingerprint density at radius 2 is 2.08 bits per heavy atom. The number of hydrogen-bond donors (Lipinski definition) is 2. The fourth-order valence-corrected chi connectivity index (χ4v) is 2.91. The maximum absolute atomic E-state index is 5.72. The molecule has 1 atom stereocenters. The largest absolute Gasteiger partial charge is 0.381 e. The molecule has 1 saturated heterocycles. The second-order valence-corrected chi connectivity index (χ2v) is 6.81. The topological polar surface area (TPSA) is 58.1 Å². The molecule has 0 spiro atoms. The molecule has 0 amide bonds. The summed E-state index contributed by atoms with van der Waals surface area (Å²) in [6, 6.07) is 10.5. The van der Waals surface area contributed by atoms with Crippen LogP contribution < -0.4 is 10.6 Å². The first-order valence-electron chi connectivity index (χ1n) is 9.60. The summed E-state index contributed by atoms with van der Waals surface area (Å²) < 4.78 is 11.1. The van der Waals surface area contributed by atoms with Crippen LogP contribution in [0, 0.1) is 5.92 Å². The van der Waals surface area contributed by atoms with E-state index in [2.05, 4.69) is 57.9 Å². The third-order valence-electron chi connectivity index (χ3n) is 4.44. The standard InChI is InChI=1S/C20H34N4O2/c1-21-20(22-10-6-13-25-16-19-9-14-26-17-19)23-11-12-24(2)15-18-7-4-3-5-8-18/h3-5,7-8,19H,6,9-17H2,1-2H3,(H2,21,22,23). The molecule has 146 valence electrons. The number of hydrogen-bond acceptors (Lipinski definition) is 4. The monoisotopic (exact) mass is 362 g/mol. The third kappa shape index (κ3) is 8.65. The lowest BCUT2D eigenvalue weighted by Gasteiger charge is -2.18. The van der Waals surface area contributed by atoms with Crippen molar-refractivity contribution >= 4 is 5.96 Å². The zero-order valence-corrected chi connectivity index (χ0v) is 16.2. The van der Waals surface area contributed by atoms with E-state index < -0.39 is 0 Å². The van der Waals surface area contributed by atoms with Crippen molar-refractivity contribution in [2.75, 3.05) is 60.2 Å². The van der Waals surface area contributed by atoms with Gasteiger partial charge in [-0.1, -0.05) is 30.3 Å². The molecule has 1 aliphatic heterocycles. The summed E-state index contributed by atoms with van der Waals surface area (Å²) in [5.41, 5.74) is 1.33. The average Bonchev–Trinajstić information content (AvgIpc) is 3.17. The molecule has 2 N–H and O–H groups in total. The number of aliphatic imine (C=N–C) groups is 1. The van der Waals surface area contributed by atoms with Gasteiger partial charge in [0, 0.05) is 52.4 Å². The van der Waals surface area contributed by atoms with Crippen molar-refractivity contribution in [1.29, 1.82) is 0 Å². The Morgan fingerprint density at radius 1 is 1.27 bits per heavy atom. The number of benzene rings is 1. The molecule has 1 aromatic carbocycles. The van der Waals surface area contributed by atoms with Gasteiger partial charge in [0.2, 0.25) is 0 Å². The Labute approximate surface area is 158 Å². The van der Waals surface area contributed by atoms with E-state index >= 15 is 0 Å². The summed E-state index contributed by atoms with van der Waals surface area (Å²) in [6.45, 7) is 6.98. The number of likely N-dealkylation sites (N-methyl/N-ethyl adjacent to an activating group) is 1. The third-order valence-corrected chi connectivity index (χ3v) is 4.44. The molecule has 0 bridgehead atoms. The quantitative estimate of drug-likeness (QED) is 0.357. The first kappa shape index (κ1) is 20.7. The number of ether oxygens (including phenoxy) is 2. The van der Waals surface area contributed by atoms with Crippen LogP contribution in [0.5, 0.6) is 0 Å². The van der Waals surface area contributed by atoms with Gasteiger partial charge in [0.05, 0.1) is 13.2 Å². The maximum atomic E-state index is 5.72. The van der Waals surface area contributed by atoms with Crippen LogP contribution >= 0.6 is 0 Å². The van der Waals surface area contributed by atoms with Crippen LogP contribution in [-0.4, -0.2) is 71.0 Å². The second kappa shape index (κ2) is 12.7. The lowest BCUT2D eigenvalue weighted by atomic mass is 10.1. The summed E-state index contributed by atoms with van der Waals surface area (Å²) in [4.78, 5) is 6.57. The molecule has 6 heteroatoms. The van der Waals surface area contributed by atoms with Gasteiger partial charge >= 0.3 is 0 Å². The van der Waals surface area contributed by atoms with Crippen molar-refractivity contribution < 1.29 is 9.47 Å². The number of nitrogens with zero attached hydrogens (tertiary/aromatic N) is 2. The van der Waals surface area contributed by atoms with Gasteiger partial charge in [-0.2, -0.15) is 0 Å². The van der Waals surface area contributed by atoms with Crippen molar-refractivity contribution in [3.05, 3.63) is 35.9 Å². The minimum Gasteiger partial charge on any atom is -0.381 e. The van der Waals surface area contributed by atoms with Crippen LogP contribution in [0.25, 0.3) is 0 Å². The van der Waals surface area contributed by atoms with Gasteiger partial charge in [0.25, 0.3) is 0 Å². The fraction of sp³-hybridized carbons (Fsp3) is 0.650. The molecular formula is C20H34N4O2. The summed E-state index contributed by atoms with van der Waals surface area (Å²) in [6.07, 6.45) is 2.11. The van der Waals surface area contributed by atoms with Gasteiger partial charge in [-0.15, -0.1) is 0 Å². The molecule has 1 fully saturated rings. The highest BCUT2D eigenvalue weighted by atomic mass is 16.5. The van der Waals surface area contributed by atoms with E-state index in [1.165, 1.54) is 5.56 Å². The van der Waals surface area contributed by atoms with E-state index in [9.17, 15) is 0 Å². The maximum Gasteiger partial charge on any atom is 0.191 e. The zero-order chi connectivity index (χ0) is 18.5. The minimum atomic E-state index is 0.588. The Bertz CT molecular complexity index is 504. The van der Waals surface area contributed by atoms with Crippen molar-refractivity contribution in [3.8, 4) is 0 Å². The molecule has 2 rings (SSSR count). The van der Waals surface area contributed by atoms with E-state index in [1.807, 2.05) is 0 Å². The Kier molecular flexibility index (Phi) is 10.1. The summed E-state index contributed by atoms with van der Waals surface area (Å²) in [7, 11) is 3.94. The molecule has 1 aliphatic rings. The van der Waals surface area contributed by atoms with Crippen LogP contribution in [0.15, 0.2) is 35.3 Å². The molecule has 0 radical (unpaired) electrons. The molecule has 1 unspecified atom stereocenters. The Balaban J connectivity index is 1.48. The van der Waals surface area contributed by atoms with E-state index in [1.54, 1.807) is 7.05 Å². The number of guanidine groups is 1. The fourth-order valence-electron chi connectivity index (χ4n) is 2.91. The van der Waals surface area contributed by atoms with E-state index in [0.29, 0.717) is 5.92 Å². The smallest absolute Gasteiger partial charge is 0.191 e. The van der Waals surface area contributed by atoms with Crippen LogP contribution in [-0.2, 0) is 16.0 Å². The molecule has 26 heavy (non-hydrogen) atoms. The lowest BCUT2D eigenvalue weighted by Crippen LogP contribution is -2.41. The summed E-state index contributed by atoms with van der Waals surface area (Å²) in [5, 5.41) is 6.70. The normalized spacial score (nSPS) is 17.7. The zero-order valence-electron chi connectivity index (χ0n) is 16.2. The SMILES string of the molecule is CN=C(NCCCOCC1CCOC1)NCCN(C)Cc1ccccc1. The highest BCUT2D eigenvalue weighted by Crippen LogP contribution is 2.12. The molecule has 0 aromatic heterocycles. The van der Waals surface area contributed by atoms with Crippen LogP contribution in [0.2, 0.25) is 0 Å². The van der Waals surface area contributed by atoms with Gasteiger partial charge in [0.1, 0.15) is 0 Å². The van der Waals surface area contributed by atoms with Gasteiger partial charge in [-0.3, -0.25) is 4.99 Å². The Morgan fingerprint density at radius 3 is 2.81 bits per heavy atom.